The zero-order chi connectivity index (χ0) is 36.8. The molecular formula is C34H30F2I2N6O6. The van der Waals surface area contributed by atoms with Gasteiger partial charge < -0.3 is 29.6 Å². The second-order valence-electron chi connectivity index (χ2n) is 10.3. The Balaban J connectivity index is 0.000000271. The number of hydrogen-bond donors (Lipinski definition) is 3. The van der Waals surface area contributed by atoms with E-state index in [1.807, 2.05) is 57.3 Å². The number of aromatic carboxylic acids is 1. The van der Waals surface area contributed by atoms with E-state index in [2.05, 4.69) is 10.6 Å². The van der Waals surface area contributed by atoms with Crippen molar-refractivity contribution in [2.75, 3.05) is 17.2 Å². The Morgan fingerprint density at radius 1 is 0.780 bits per heavy atom. The van der Waals surface area contributed by atoms with Crippen LogP contribution in [-0.4, -0.2) is 32.8 Å². The van der Waals surface area contributed by atoms with Crippen molar-refractivity contribution in [3.63, 3.8) is 0 Å². The first-order valence-corrected chi connectivity index (χ1v) is 17.1. The van der Waals surface area contributed by atoms with Crippen molar-refractivity contribution in [2.45, 2.75) is 45.7 Å². The van der Waals surface area contributed by atoms with Gasteiger partial charge in [0.2, 0.25) is 0 Å². The molecule has 0 spiro atoms. The molecule has 50 heavy (non-hydrogen) atoms. The molecule has 0 aliphatic heterocycles. The largest absolute Gasteiger partial charge is 0.478 e. The van der Waals surface area contributed by atoms with Crippen LogP contribution in [0.15, 0.2) is 70.5 Å². The van der Waals surface area contributed by atoms with E-state index >= 15 is 0 Å². The van der Waals surface area contributed by atoms with Crippen molar-refractivity contribution in [3.05, 3.63) is 112 Å². The zero-order valence-corrected chi connectivity index (χ0v) is 30.8. The highest BCUT2D eigenvalue weighted by Crippen LogP contribution is 2.25. The lowest BCUT2D eigenvalue weighted by molar-refractivity contribution is 0.0525. The van der Waals surface area contributed by atoms with E-state index in [1.165, 1.54) is 51.9 Å². The van der Waals surface area contributed by atoms with Gasteiger partial charge in [-0.1, -0.05) is 0 Å². The number of hydrogen-bond acceptors (Lipinski definition) is 9. The first kappa shape index (κ1) is 39.6. The molecule has 2 aromatic carbocycles. The number of pyridine rings is 2. The number of unbranched alkanes of at least 4 members (excludes halogenated alkanes) is 2. The molecular weight excluding hydrogens is 880 g/mol. The van der Waals surface area contributed by atoms with Gasteiger partial charge in [0.05, 0.1) is 52.6 Å². The molecule has 12 nitrogen and oxygen atoms in total. The van der Waals surface area contributed by atoms with Gasteiger partial charge in [0.25, 0.3) is 11.1 Å². The van der Waals surface area contributed by atoms with Gasteiger partial charge in [-0.05, 0) is 101 Å². The van der Waals surface area contributed by atoms with Crippen molar-refractivity contribution in [1.82, 2.24) is 9.13 Å². The predicted octanol–water partition coefficient (Wildman–Crippen LogP) is 7.15. The van der Waals surface area contributed by atoms with Gasteiger partial charge in [-0.25, -0.2) is 18.4 Å². The fraction of sp³-hybridized carbons (Fsp3) is 0.235. The molecule has 0 unspecified atom stereocenters. The molecule has 0 saturated heterocycles. The Bertz CT molecular complexity index is 2070. The van der Waals surface area contributed by atoms with Crippen molar-refractivity contribution in [3.8, 4) is 12.1 Å². The fourth-order valence-corrected chi connectivity index (χ4v) is 5.28. The van der Waals surface area contributed by atoms with Crippen molar-refractivity contribution in [1.29, 1.82) is 10.5 Å². The van der Waals surface area contributed by atoms with Gasteiger partial charge in [0.15, 0.2) is 0 Å². The highest BCUT2D eigenvalue weighted by atomic mass is 127. The molecule has 0 atom stereocenters. The molecule has 16 heteroatoms. The summed E-state index contributed by atoms with van der Waals surface area (Å²) in [6.45, 7) is 2.39. The van der Waals surface area contributed by atoms with Gasteiger partial charge in [0.1, 0.15) is 11.6 Å². The maximum atomic E-state index is 14.1. The third-order valence-electron chi connectivity index (χ3n) is 6.75. The average molecular weight is 910 g/mol. The SMILES string of the molecule is CCOC(=O)c1cn(CCCC#N)c(=O)cc1Nc1ccc(I)cc1F.N#CCCCn1cc(C(=O)O)c(Nc2ccc(I)cc2F)cc1=O. The van der Waals surface area contributed by atoms with Gasteiger partial charge >= 0.3 is 11.9 Å². The Morgan fingerprint density at radius 2 is 1.22 bits per heavy atom. The molecule has 0 radical (unpaired) electrons. The lowest BCUT2D eigenvalue weighted by Gasteiger charge is -2.14. The van der Waals surface area contributed by atoms with Crippen LogP contribution in [0.3, 0.4) is 0 Å². The van der Waals surface area contributed by atoms with Gasteiger partial charge in [-0.15, -0.1) is 0 Å². The van der Waals surface area contributed by atoms with Crippen molar-refractivity contribution < 1.29 is 28.2 Å². The number of carboxylic acid groups (broad SMARTS) is 1. The number of esters is 1. The Labute approximate surface area is 312 Å². The molecule has 0 aliphatic rings. The van der Waals surface area contributed by atoms with Crippen LogP contribution in [0.1, 0.15) is 53.3 Å². The van der Waals surface area contributed by atoms with E-state index in [4.69, 9.17) is 15.3 Å². The molecule has 2 heterocycles. The van der Waals surface area contributed by atoms with Crippen molar-refractivity contribution >= 4 is 79.9 Å². The van der Waals surface area contributed by atoms with Crippen LogP contribution >= 0.6 is 45.2 Å². The van der Waals surface area contributed by atoms with Crippen LogP contribution < -0.4 is 21.8 Å². The average Bonchev–Trinajstić information content (AvgIpc) is 3.06. The minimum atomic E-state index is -1.24. The number of nitrogens with zero attached hydrogens (tertiary/aromatic N) is 4. The van der Waals surface area contributed by atoms with E-state index in [1.54, 1.807) is 19.1 Å². The molecule has 0 bridgehead atoms. The van der Waals surface area contributed by atoms with E-state index < -0.39 is 29.1 Å². The highest BCUT2D eigenvalue weighted by molar-refractivity contribution is 14.1. The maximum Gasteiger partial charge on any atom is 0.341 e. The number of ether oxygens (including phenoxy) is 1. The monoisotopic (exact) mass is 910 g/mol. The molecule has 0 fully saturated rings. The summed E-state index contributed by atoms with van der Waals surface area (Å²) in [6, 6.07) is 15.3. The number of aryl methyl sites for hydroxylation is 2. The second kappa shape index (κ2) is 19.4. The number of halogens is 4. The first-order chi connectivity index (χ1) is 23.9. The van der Waals surface area contributed by atoms with Gasteiger partial charge in [-0.2, -0.15) is 10.5 Å². The molecule has 4 aromatic rings. The summed E-state index contributed by atoms with van der Waals surface area (Å²) in [4.78, 5) is 48.1. The number of carbonyl (C=O) groups is 2. The number of carboxylic acids is 1. The number of nitrogens with one attached hydrogen (secondary N) is 2. The number of benzene rings is 2. The van der Waals surface area contributed by atoms with Crippen LogP contribution in [0.25, 0.3) is 0 Å². The predicted molar refractivity (Wildman–Crippen MR) is 199 cm³/mol. The standard InChI is InChI=1S/C18H17FIN3O3.C16H13FIN3O3/c1-2-26-18(25)13-11-23(8-4-3-7-21)17(24)10-16(13)22-15-6-5-12(20)9-14(15)19;17-12-7-10(18)3-4-13(12)20-14-8-15(22)21(6-2-1-5-19)9-11(14)16(23)24/h5-6,9-11,22H,2-4,8H2,1H3;3-4,7-9,20H,1-2,6H2,(H,23,24). The fourth-order valence-electron chi connectivity index (χ4n) is 4.37. The molecule has 0 amide bonds. The molecule has 4 rings (SSSR count). The lowest BCUT2D eigenvalue weighted by Crippen LogP contribution is -2.23. The first-order valence-electron chi connectivity index (χ1n) is 15.0. The number of aromatic nitrogens is 2. The zero-order valence-electron chi connectivity index (χ0n) is 26.5. The van der Waals surface area contributed by atoms with Gasteiger partial charge in [0, 0.05) is 57.6 Å². The molecule has 0 aliphatic carbocycles. The van der Waals surface area contributed by atoms with E-state index in [-0.39, 0.29) is 59.0 Å². The topological polar surface area (TPSA) is 179 Å². The van der Waals surface area contributed by atoms with Crippen LogP contribution in [0.2, 0.25) is 0 Å². The maximum absolute atomic E-state index is 14.1. The number of carbonyl (C=O) groups excluding carboxylic acids is 1. The van der Waals surface area contributed by atoms with Crippen LogP contribution in [0, 0.1) is 41.4 Å². The summed E-state index contributed by atoms with van der Waals surface area (Å²) in [5.41, 5.74) is -0.381. The summed E-state index contributed by atoms with van der Waals surface area (Å²) in [5.74, 6) is -2.89. The third kappa shape index (κ3) is 11.4. The quantitative estimate of drug-likeness (QED) is 0.0709. The highest BCUT2D eigenvalue weighted by Gasteiger charge is 2.18. The minimum Gasteiger partial charge on any atom is -0.478 e. The smallest absolute Gasteiger partial charge is 0.341 e. The molecule has 2 aromatic heterocycles. The normalized spacial score (nSPS) is 10.2. The second-order valence-corrected chi connectivity index (χ2v) is 12.8. The number of anilines is 4. The molecule has 260 valence electrons. The minimum absolute atomic E-state index is 0.0177. The van der Waals surface area contributed by atoms with Crippen LogP contribution in [0.4, 0.5) is 31.5 Å². The Morgan fingerprint density at radius 3 is 1.62 bits per heavy atom. The number of rotatable bonds is 13. The summed E-state index contributed by atoms with van der Waals surface area (Å²) >= 11 is 3.95. The lowest BCUT2D eigenvalue weighted by atomic mass is 10.2. The Kier molecular flexibility index (Phi) is 15.4. The van der Waals surface area contributed by atoms with Gasteiger partial charge in [-0.3, -0.25) is 9.59 Å². The molecule has 0 saturated carbocycles. The third-order valence-corrected chi connectivity index (χ3v) is 8.10. The summed E-state index contributed by atoms with van der Waals surface area (Å²) < 4.78 is 37.1. The van der Waals surface area contributed by atoms with Crippen molar-refractivity contribution in [2.24, 2.45) is 0 Å². The van der Waals surface area contributed by atoms with E-state index in [9.17, 15) is 33.1 Å². The van der Waals surface area contributed by atoms with E-state index in [0.29, 0.717) is 29.4 Å². The van der Waals surface area contributed by atoms with Crippen LogP contribution in [-0.2, 0) is 17.8 Å². The van der Waals surface area contributed by atoms with E-state index in [0.717, 1.165) is 9.64 Å². The summed E-state index contributed by atoms with van der Waals surface area (Å²) in [6.07, 6.45) is 4.07. The number of nitriles is 2. The summed E-state index contributed by atoms with van der Waals surface area (Å²) in [5, 5.41) is 32.0. The van der Waals surface area contributed by atoms with Crippen LogP contribution in [0.5, 0.6) is 0 Å². The summed E-state index contributed by atoms with van der Waals surface area (Å²) in [7, 11) is 0. The molecule has 3 N–H and O–H groups in total. The Hall–Kier alpha value is -4.82.